The smallest absolute Gasteiger partial charge is 0.277 e. The van der Waals surface area contributed by atoms with Crippen molar-refractivity contribution >= 4 is 17.7 Å². The molecule has 3 heterocycles. The van der Waals surface area contributed by atoms with E-state index in [9.17, 15) is 4.79 Å². The van der Waals surface area contributed by atoms with Gasteiger partial charge in [0.2, 0.25) is 25.4 Å². The molecule has 0 aliphatic carbocycles. The van der Waals surface area contributed by atoms with Crippen molar-refractivity contribution in [2.75, 3.05) is 13.6 Å². The number of thioether (sulfide) groups is 1. The van der Waals surface area contributed by atoms with Gasteiger partial charge >= 0.3 is 0 Å². The molecule has 9 nitrogen and oxygen atoms in total. The van der Waals surface area contributed by atoms with Crippen molar-refractivity contribution in [3.8, 4) is 34.5 Å². The number of ether oxygens (including phenoxy) is 4. The molecule has 5 rings (SSSR count). The molecule has 3 aromatic rings. The highest BCUT2D eigenvalue weighted by atomic mass is 32.2. The fraction of sp³-hybridized carbons (Fsp3) is 0.250. The zero-order valence-electron chi connectivity index (χ0n) is 15.9. The Bertz CT molecular complexity index is 1100. The second-order valence-electron chi connectivity index (χ2n) is 6.61. The van der Waals surface area contributed by atoms with Crippen LogP contribution in [0.3, 0.4) is 0 Å². The van der Waals surface area contributed by atoms with Gasteiger partial charge in [0.05, 0.1) is 5.25 Å². The molecule has 0 saturated heterocycles. The summed E-state index contributed by atoms with van der Waals surface area (Å²) in [6.07, 6.45) is 0. The minimum absolute atomic E-state index is 0.138. The molecule has 0 spiro atoms. The Morgan fingerprint density at radius 2 is 1.70 bits per heavy atom. The van der Waals surface area contributed by atoms with Crippen LogP contribution < -0.4 is 24.3 Å². The number of amides is 1. The monoisotopic (exact) mass is 427 g/mol. The average Bonchev–Trinajstić information content (AvgIpc) is 3.50. The van der Waals surface area contributed by atoms with Gasteiger partial charge in [-0.05, 0) is 42.8 Å². The van der Waals surface area contributed by atoms with E-state index in [1.165, 1.54) is 11.8 Å². The Morgan fingerprint density at radius 1 is 1.00 bits per heavy atom. The molecular weight excluding hydrogens is 410 g/mol. The largest absolute Gasteiger partial charge is 0.454 e. The molecule has 0 fully saturated rings. The van der Waals surface area contributed by atoms with E-state index in [0.29, 0.717) is 40.7 Å². The van der Waals surface area contributed by atoms with E-state index >= 15 is 0 Å². The lowest BCUT2D eigenvalue weighted by molar-refractivity contribution is -0.120. The number of benzene rings is 2. The summed E-state index contributed by atoms with van der Waals surface area (Å²) in [5.74, 6) is 2.93. The fourth-order valence-electron chi connectivity index (χ4n) is 2.99. The average molecular weight is 427 g/mol. The second-order valence-corrected chi connectivity index (χ2v) is 7.90. The zero-order valence-corrected chi connectivity index (χ0v) is 16.7. The van der Waals surface area contributed by atoms with E-state index in [2.05, 4.69) is 15.5 Å². The summed E-state index contributed by atoms with van der Waals surface area (Å²) < 4.78 is 27.0. The topological polar surface area (TPSA) is 105 Å². The van der Waals surface area contributed by atoms with Crippen molar-refractivity contribution in [3.63, 3.8) is 0 Å². The first-order chi connectivity index (χ1) is 14.7. The number of aromatic nitrogens is 2. The maximum atomic E-state index is 12.5. The van der Waals surface area contributed by atoms with Crippen LogP contribution >= 0.6 is 11.8 Å². The van der Waals surface area contributed by atoms with Crippen molar-refractivity contribution in [2.24, 2.45) is 0 Å². The molecule has 154 valence electrons. The number of fused-ring (bicyclic) bond motifs is 2. The Kier molecular flexibility index (Phi) is 4.83. The number of carbonyl (C=O) groups is 1. The van der Waals surface area contributed by atoms with Gasteiger partial charge in [-0.25, -0.2) is 0 Å². The molecule has 0 saturated carbocycles. The molecule has 0 bridgehead atoms. The molecule has 0 radical (unpaired) electrons. The molecule has 1 unspecified atom stereocenters. The van der Waals surface area contributed by atoms with Crippen LogP contribution in [0.4, 0.5) is 0 Å². The molecule has 10 heteroatoms. The molecule has 1 aromatic heterocycles. The van der Waals surface area contributed by atoms with Gasteiger partial charge in [0.1, 0.15) is 0 Å². The normalized spacial score (nSPS) is 14.6. The van der Waals surface area contributed by atoms with E-state index in [0.717, 1.165) is 11.1 Å². The number of hydrogen-bond acceptors (Lipinski definition) is 9. The highest BCUT2D eigenvalue weighted by Gasteiger charge is 2.21. The third-order valence-corrected chi connectivity index (χ3v) is 5.51. The predicted molar refractivity (Wildman–Crippen MR) is 106 cm³/mol. The third-order valence-electron chi connectivity index (χ3n) is 4.58. The van der Waals surface area contributed by atoms with E-state index in [1.54, 1.807) is 19.1 Å². The predicted octanol–water partition coefficient (Wildman–Crippen LogP) is 2.99. The molecule has 2 aliphatic rings. The van der Waals surface area contributed by atoms with Gasteiger partial charge < -0.3 is 28.7 Å². The summed E-state index contributed by atoms with van der Waals surface area (Å²) in [5.41, 5.74) is 1.64. The Hall–Kier alpha value is -3.40. The van der Waals surface area contributed by atoms with Gasteiger partial charge in [-0.1, -0.05) is 17.8 Å². The van der Waals surface area contributed by atoms with Gasteiger partial charge in [0, 0.05) is 12.1 Å². The molecule has 2 aliphatic heterocycles. The van der Waals surface area contributed by atoms with Crippen molar-refractivity contribution in [2.45, 2.75) is 23.9 Å². The maximum Gasteiger partial charge on any atom is 0.277 e. The SMILES string of the molecule is CC(Sc1nnc(-c2ccc3c(c2)OCO3)o1)C(=O)NCc1ccc2c(c1)OCO2. The summed E-state index contributed by atoms with van der Waals surface area (Å²) in [6, 6.07) is 11.0. The number of hydrogen-bond donors (Lipinski definition) is 1. The molecule has 1 atom stereocenters. The van der Waals surface area contributed by atoms with Crippen LogP contribution in [0.2, 0.25) is 0 Å². The minimum Gasteiger partial charge on any atom is -0.454 e. The number of carbonyl (C=O) groups excluding carboxylic acids is 1. The van der Waals surface area contributed by atoms with Gasteiger partial charge in [0.15, 0.2) is 23.0 Å². The summed E-state index contributed by atoms with van der Waals surface area (Å²) in [4.78, 5) is 12.5. The van der Waals surface area contributed by atoms with Crippen LogP contribution in [0.5, 0.6) is 23.0 Å². The fourth-order valence-corrected chi connectivity index (χ4v) is 3.70. The highest BCUT2D eigenvalue weighted by molar-refractivity contribution is 8.00. The molecule has 2 aromatic carbocycles. The quantitative estimate of drug-likeness (QED) is 0.594. The summed E-state index contributed by atoms with van der Waals surface area (Å²) in [7, 11) is 0. The second kappa shape index (κ2) is 7.79. The molecule has 1 amide bonds. The van der Waals surface area contributed by atoms with Crippen LogP contribution in [0.15, 0.2) is 46.0 Å². The van der Waals surface area contributed by atoms with Crippen molar-refractivity contribution in [1.82, 2.24) is 15.5 Å². The van der Waals surface area contributed by atoms with Gasteiger partial charge in [-0.3, -0.25) is 4.79 Å². The van der Waals surface area contributed by atoms with E-state index < -0.39 is 5.25 Å². The standard InChI is InChI=1S/C20H17N3O6S/c1-11(18(24)21-8-12-2-4-14-16(6-12)27-9-25-14)30-20-23-22-19(29-20)13-3-5-15-17(7-13)28-10-26-15/h2-7,11H,8-10H2,1H3,(H,21,24). The van der Waals surface area contributed by atoms with Crippen molar-refractivity contribution in [3.05, 3.63) is 42.0 Å². The van der Waals surface area contributed by atoms with E-state index in [1.807, 2.05) is 24.3 Å². The Morgan fingerprint density at radius 3 is 2.50 bits per heavy atom. The Labute approximate surface area is 175 Å². The van der Waals surface area contributed by atoms with Crippen molar-refractivity contribution in [1.29, 1.82) is 0 Å². The number of nitrogens with one attached hydrogen (secondary N) is 1. The van der Waals surface area contributed by atoms with E-state index in [-0.39, 0.29) is 19.5 Å². The van der Waals surface area contributed by atoms with Crippen LogP contribution in [0, 0.1) is 0 Å². The van der Waals surface area contributed by atoms with Crippen molar-refractivity contribution < 1.29 is 28.2 Å². The number of nitrogens with zero attached hydrogens (tertiary/aromatic N) is 2. The molecule has 30 heavy (non-hydrogen) atoms. The first-order valence-corrected chi connectivity index (χ1v) is 10.1. The summed E-state index contributed by atoms with van der Waals surface area (Å²) in [5, 5.41) is 10.9. The lowest BCUT2D eigenvalue weighted by Crippen LogP contribution is -2.30. The molecular formula is C20H17N3O6S. The minimum atomic E-state index is -0.413. The van der Waals surface area contributed by atoms with Crippen LogP contribution in [0.1, 0.15) is 12.5 Å². The van der Waals surface area contributed by atoms with Gasteiger partial charge in [0.25, 0.3) is 5.22 Å². The lowest BCUT2D eigenvalue weighted by Gasteiger charge is -2.10. The van der Waals surface area contributed by atoms with Crippen LogP contribution in [-0.4, -0.2) is 34.9 Å². The lowest BCUT2D eigenvalue weighted by atomic mass is 10.2. The summed E-state index contributed by atoms with van der Waals surface area (Å²) >= 11 is 1.19. The first kappa shape index (κ1) is 18.6. The summed E-state index contributed by atoms with van der Waals surface area (Å²) in [6.45, 7) is 2.58. The van der Waals surface area contributed by atoms with Crippen LogP contribution in [0.25, 0.3) is 11.5 Å². The van der Waals surface area contributed by atoms with E-state index in [4.69, 9.17) is 23.4 Å². The van der Waals surface area contributed by atoms with Crippen LogP contribution in [-0.2, 0) is 11.3 Å². The highest BCUT2D eigenvalue weighted by Crippen LogP contribution is 2.36. The first-order valence-electron chi connectivity index (χ1n) is 9.22. The molecule has 1 N–H and O–H groups in total. The maximum absolute atomic E-state index is 12.5. The third kappa shape index (κ3) is 3.73. The zero-order chi connectivity index (χ0) is 20.5. The van der Waals surface area contributed by atoms with Gasteiger partial charge in [-0.2, -0.15) is 0 Å². The van der Waals surface area contributed by atoms with Gasteiger partial charge in [-0.15, -0.1) is 10.2 Å². The Balaban J connectivity index is 1.18. The number of rotatable bonds is 6.